The summed E-state index contributed by atoms with van der Waals surface area (Å²) >= 11 is 0. The Labute approximate surface area is 203 Å². The fourth-order valence-electron chi connectivity index (χ4n) is 4.60. The highest BCUT2D eigenvalue weighted by molar-refractivity contribution is 7.90. The van der Waals surface area contributed by atoms with Crippen molar-refractivity contribution >= 4 is 37.6 Å². The average molecular weight is 485 g/mol. The molecule has 0 aliphatic heterocycles. The number of hydrogen-bond acceptors (Lipinski definition) is 4. The summed E-state index contributed by atoms with van der Waals surface area (Å²) in [6.07, 6.45) is 0. The summed E-state index contributed by atoms with van der Waals surface area (Å²) in [5, 5.41) is 11.3. The number of rotatable bonds is 7. The van der Waals surface area contributed by atoms with Gasteiger partial charge in [-0.25, -0.2) is 8.42 Å². The summed E-state index contributed by atoms with van der Waals surface area (Å²) in [4.78, 5) is 12.5. The van der Waals surface area contributed by atoms with Crippen LogP contribution in [-0.4, -0.2) is 24.0 Å². The number of primary amides is 1. The molecule has 0 saturated heterocycles. The summed E-state index contributed by atoms with van der Waals surface area (Å²) < 4.78 is 28.2. The summed E-state index contributed by atoms with van der Waals surface area (Å²) in [6.45, 7) is 0.267. The van der Waals surface area contributed by atoms with Gasteiger partial charge in [0.1, 0.15) is 0 Å². The molecule has 5 rings (SSSR count). The molecule has 0 fully saturated rings. The molecule has 1 heterocycles. The molecule has 0 radical (unpaired) electrons. The number of sulfone groups is 1. The van der Waals surface area contributed by atoms with Gasteiger partial charge >= 0.3 is 0 Å². The lowest BCUT2D eigenvalue weighted by Gasteiger charge is -2.14. The third-order valence-corrected chi connectivity index (χ3v) is 7.98. The molecular weight excluding hydrogens is 460 g/mol. The van der Waals surface area contributed by atoms with Crippen molar-refractivity contribution in [3.8, 4) is 0 Å². The number of carbonyl (C=O) groups is 1. The van der Waals surface area contributed by atoms with E-state index in [0.717, 1.165) is 32.9 Å². The lowest BCUT2D eigenvalue weighted by atomic mass is 10.0. The summed E-state index contributed by atoms with van der Waals surface area (Å²) in [5.74, 6) is -0.645. The van der Waals surface area contributed by atoms with Gasteiger partial charge < -0.3 is 15.4 Å². The number of aromatic nitrogens is 1. The van der Waals surface area contributed by atoms with Crippen molar-refractivity contribution in [3.63, 3.8) is 0 Å². The van der Waals surface area contributed by atoms with Crippen molar-refractivity contribution in [2.75, 3.05) is 0 Å². The first-order chi connectivity index (χ1) is 16.9. The van der Waals surface area contributed by atoms with E-state index in [1.165, 1.54) is 0 Å². The van der Waals surface area contributed by atoms with Crippen molar-refractivity contribution in [2.24, 2.45) is 5.73 Å². The van der Waals surface area contributed by atoms with E-state index < -0.39 is 15.7 Å². The molecule has 6 nitrogen and oxygen atoms in total. The fourth-order valence-corrected chi connectivity index (χ4v) is 6.03. The van der Waals surface area contributed by atoms with Gasteiger partial charge in [0.2, 0.25) is 5.91 Å². The van der Waals surface area contributed by atoms with Crippen molar-refractivity contribution in [2.45, 2.75) is 23.8 Å². The molecule has 7 heteroatoms. The van der Waals surface area contributed by atoms with Crippen LogP contribution in [0, 0.1) is 0 Å². The van der Waals surface area contributed by atoms with E-state index >= 15 is 0 Å². The van der Waals surface area contributed by atoms with Gasteiger partial charge in [0.15, 0.2) is 9.84 Å². The molecule has 1 amide bonds. The van der Waals surface area contributed by atoms with Crippen molar-refractivity contribution in [1.82, 2.24) is 4.57 Å². The number of nitrogens with zero attached hydrogens (tertiary/aromatic N) is 1. The predicted molar refractivity (Wildman–Crippen MR) is 137 cm³/mol. The highest BCUT2D eigenvalue weighted by Crippen LogP contribution is 2.33. The second kappa shape index (κ2) is 9.02. The molecule has 0 bridgehead atoms. The zero-order valence-corrected chi connectivity index (χ0v) is 19.7. The molecule has 4 aromatic carbocycles. The molecule has 35 heavy (non-hydrogen) atoms. The maximum Gasteiger partial charge on any atom is 0.249 e. The number of benzene rings is 4. The van der Waals surface area contributed by atoms with Crippen molar-refractivity contribution in [3.05, 3.63) is 113 Å². The Hall–Kier alpha value is -3.94. The smallest absolute Gasteiger partial charge is 0.249 e. The lowest BCUT2D eigenvalue weighted by Crippen LogP contribution is -2.11. The Kier molecular flexibility index (Phi) is 5.88. The van der Waals surface area contributed by atoms with Crippen LogP contribution in [0.15, 0.2) is 95.9 Å². The maximum atomic E-state index is 13.1. The Bertz CT molecular complexity index is 1670. The van der Waals surface area contributed by atoms with Crippen LogP contribution in [0.25, 0.3) is 21.8 Å². The minimum atomic E-state index is -3.53. The standard InChI is InChI=1S/C28H24N2O4S/c29-28(32)24-11-6-12-25-27(24)23-14-13-19(17-31)15-26(23)30(25)16-20-7-4-5-8-21(20)18-35(33,34)22-9-2-1-3-10-22/h1-15,31H,16-18H2,(H2,29,32). The SMILES string of the molecule is NC(=O)c1cccc2c1c1ccc(CO)cc1n2Cc1ccccc1CS(=O)(=O)c1ccccc1. The van der Waals surface area contributed by atoms with E-state index in [0.29, 0.717) is 17.7 Å². The third kappa shape index (κ3) is 4.20. The summed E-state index contributed by atoms with van der Waals surface area (Å²) in [7, 11) is -3.53. The van der Waals surface area contributed by atoms with E-state index in [-0.39, 0.29) is 17.3 Å². The molecule has 0 unspecified atom stereocenters. The summed E-state index contributed by atoms with van der Waals surface area (Å²) in [6, 6.07) is 26.9. The zero-order valence-electron chi connectivity index (χ0n) is 18.9. The van der Waals surface area contributed by atoms with Gasteiger partial charge in [0.05, 0.1) is 22.8 Å². The lowest BCUT2D eigenvalue weighted by molar-refractivity contribution is 0.100. The van der Waals surface area contributed by atoms with Gasteiger partial charge in [-0.05, 0) is 47.0 Å². The minimum absolute atomic E-state index is 0.119. The molecule has 5 aromatic rings. The zero-order chi connectivity index (χ0) is 24.6. The maximum absolute atomic E-state index is 13.1. The number of aliphatic hydroxyl groups is 1. The quantitative estimate of drug-likeness (QED) is 0.357. The molecule has 0 aliphatic carbocycles. The molecule has 1 aromatic heterocycles. The number of hydrogen-bond donors (Lipinski definition) is 2. The third-order valence-electron chi connectivity index (χ3n) is 6.30. The number of fused-ring (bicyclic) bond motifs is 3. The van der Waals surface area contributed by atoms with Crippen LogP contribution >= 0.6 is 0 Å². The first-order valence-corrected chi connectivity index (χ1v) is 12.8. The number of carbonyl (C=O) groups excluding carboxylic acids is 1. The van der Waals surface area contributed by atoms with Crippen LogP contribution in [0.4, 0.5) is 0 Å². The van der Waals surface area contributed by atoms with Crippen LogP contribution in [0.2, 0.25) is 0 Å². The monoisotopic (exact) mass is 484 g/mol. The van der Waals surface area contributed by atoms with Gasteiger partial charge in [-0.1, -0.05) is 60.7 Å². The molecule has 176 valence electrons. The van der Waals surface area contributed by atoms with Gasteiger partial charge in [-0.15, -0.1) is 0 Å². The van der Waals surface area contributed by atoms with Crippen molar-refractivity contribution < 1.29 is 18.3 Å². The first kappa shape index (κ1) is 22.8. The van der Waals surface area contributed by atoms with E-state index in [2.05, 4.69) is 0 Å². The van der Waals surface area contributed by atoms with Crippen LogP contribution in [0.1, 0.15) is 27.0 Å². The average Bonchev–Trinajstić information content (AvgIpc) is 3.18. The topological polar surface area (TPSA) is 102 Å². The van der Waals surface area contributed by atoms with Crippen molar-refractivity contribution in [1.29, 1.82) is 0 Å². The molecule has 0 atom stereocenters. The first-order valence-electron chi connectivity index (χ1n) is 11.2. The molecular formula is C28H24N2O4S. The van der Waals surface area contributed by atoms with Crippen LogP contribution in [0.3, 0.4) is 0 Å². The minimum Gasteiger partial charge on any atom is -0.392 e. The molecule has 3 N–H and O–H groups in total. The number of nitrogens with two attached hydrogens (primary N) is 1. The normalized spacial score (nSPS) is 11.8. The highest BCUT2D eigenvalue weighted by Gasteiger charge is 2.20. The van der Waals surface area contributed by atoms with E-state index in [9.17, 15) is 18.3 Å². The van der Waals surface area contributed by atoms with Crippen LogP contribution < -0.4 is 5.73 Å². The molecule has 0 spiro atoms. The van der Waals surface area contributed by atoms with Gasteiger partial charge in [0.25, 0.3) is 0 Å². The Morgan fingerprint density at radius 3 is 2.26 bits per heavy atom. The van der Waals surface area contributed by atoms with Gasteiger partial charge in [-0.3, -0.25) is 4.79 Å². The van der Waals surface area contributed by atoms with Gasteiger partial charge in [-0.2, -0.15) is 0 Å². The molecule has 0 aliphatic rings. The Balaban J connectivity index is 1.67. The highest BCUT2D eigenvalue weighted by atomic mass is 32.2. The van der Waals surface area contributed by atoms with Crippen LogP contribution in [0.5, 0.6) is 0 Å². The number of aliphatic hydroxyl groups excluding tert-OH is 1. The molecule has 0 saturated carbocycles. The Morgan fingerprint density at radius 1 is 0.829 bits per heavy atom. The van der Waals surface area contributed by atoms with E-state index in [1.54, 1.807) is 42.5 Å². The van der Waals surface area contributed by atoms with Crippen LogP contribution in [-0.2, 0) is 28.7 Å². The van der Waals surface area contributed by atoms with Gasteiger partial charge in [0, 0.05) is 28.4 Å². The second-order valence-corrected chi connectivity index (χ2v) is 10.5. The van der Waals surface area contributed by atoms with E-state index in [4.69, 9.17) is 5.73 Å². The fraction of sp³-hybridized carbons (Fsp3) is 0.107. The van der Waals surface area contributed by atoms with E-state index in [1.807, 2.05) is 53.1 Å². The second-order valence-electron chi connectivity index (χ2n) is 8.50. The number of amides is 1. The predicted octanol–water partition coefficient (Wildman–Crippen LogP) is 4.41. The largest absolute Gasteiger partial charge is 0.392 e. The Morgan fingerprint density at radius 2 is 1.54 bits per heavy atom. The summed E-state index contributed by atoms with van der Waals surface area (Å²) in [5.41, 5.74) is 10.0.